The molecule has 1 fully saturated rings. The van der Waals surface area contributed by atoms with Gasteiger partial charge in [0.1, 0.15) is 6.33 Å². The molecular formula is C16H19N3O2S. The monoisotopic (exact) mass is 317 g/mol. The zero-order valence-electron chi connectivity index (χ0n) is 12.6. The Kier molecular flexibility index (Phi) is 4.80. The van der Waals surface area contributed by atoms with Crippen LogP contribution in [0.5, 0.6) is 0 Å². The van der Waals surface area contributed by atoms with Crippen molar-refractivity contribution in [3.8, 4) is 0 Å². The van der Waals surface area contributed by atoms with E-state index in [2.05, 4.69) is 9.97 Å². The molecule has 3 heterocycles. The average molecular weight is 317 g/mol. The number of hydrogen-bond donors (Lipinski definition) is 0. The van der Waals surface area contributed by atoms with Gasteiger partial charge in [0.15, 0.2) is 0 Å². The van der Waals surface area contributed by atoms with Gasteiger partial charge in [-0.3, -0.25) is 4.79 Å². The van der Waals surface area contributed by atoms with Gasteiger partial charge in [-0.05, 0) is 37.3 Å². The number of thiophene rings is 1. The van der Waals surface area contributed by atoms with E-state index in [0.29, 0.717) is 19.7 Å². The standard InChI is InChI=1S/C16H19N3O2S/c1-12-9-13(18-11-17-12)4-5-14-10-19(6-7-21-14)16(20)15-3-2-8-22-15/h2-3,8-9,11,14H,4-7,10H2,1H3/t14-/m0/s1. The minimum atomic E-state index is 0.0768. The number of ether oxygens (including phenoxy) is 1. The van der Waals surface area contributed by atoms with Crippen molar-refractivity contribution in [2.24, 2.45) is 0 Å². The van der Waals surface area contributed by atoms with E-state index >= 15 is 0 Å². The summed E-state index contributed by atoms with van der Waals surface area (Å²) in [5.41, 5.74) is 2.00. The van der Waals surface area contributed by atoms with Crippen molar-refractivity contribution < 1.29 is 9.53 Å². The average Bonchev–Trinajstić information content (AvgIpc) is 3.07. The third kappa shape index (κ3) is 3.69. The van der Waals surface area contributed by atoms with Gasteiger partial charge >= 0.3 is 0 Å². The first-order valence-corrected chi connectivity index (χ1v) is 8.32. The van der Waals surface area contributed by atoms with Gasteiger partial charge in [0, 0.05) is 24.5 Å². The third-order valence-corrected chi connectivity index (χ3v) is 4.60. The maximum atomic E-state index is 12.4. The Labute approximate surface area is 134 Å². The van der Waals surface area contributed by atoms with Crippen LogP contribution >= 0.6 is 11.3 Å². The van der Waals surface area contributed by atoms with Crippen molar-refractivity contribution in [1.29, 1.82) is 0 Å². The molecule has 0 aliphatic carbocycles. The highest BCUT2D eigenvalue weighted by molar-refractivity contribution is 7.12. The highest BCUT2D eigenvalue weighted by Crippen LogP contribution is 2.17. The second-order valence-corrected chi connectivity index (χ2v) is 6.36. The first-order chi connectivity index (χ1) is 10.7. The van der Waals surface area contributed by atoms with Crippen LogP contribution in [0.15, 0.2) is 29.9 Å². The lowest BCUT2D eigenvalue weighted by atomic mass is 10.1. The van der Waals surface area contributed by atoms with Crippen molar-refractivity contribution in [2.45, 2.75) is 25.9 Å². The molecule has 1 saturated heterocycles. The quantitative estimate of drug-likeness (QED) is 0.868. The van der Waals surface area contributed by atoms with Gasteiger partial charge < -0.3 is 9.64 Å². The first-order valence-electron chi connectivity index (χ1n) is 7.44. The highest BCUT2D eigenvalue weighted by Gasteiger charge is 2.25. The molecule has 0 radical (unpaired) electrons. The van der Waals surface area contributed by atoms with Crippen molar-refractivity contribution in [2.75, 3.05) is 19.7 Å². The molecule has 1 amide bonds. The van der Waals surface area contributed by atoms with Crippen molar-refractivity contribution >= 4 is 17.2 Å². The van der Waals surface area contributed by atoms with Gasteiger partial charge in [-0.1, -0.05) is 6.07 Å². The van der Waals surface area contributed by atoms with E-state index in [4.69, 9.17) is 4.74 Å². The van der Waals surface area contributed by atoms with E-state index in [1.54, 1.807) is 6.33 Å². The SMILES string of the molecule is Cc1cc(CC[C@H]2CN(C(=O)c3cccs3)CCO2)ncn1. The predicted molar refractivity (Wildman–Crippen MR) is 85.1 cm³/mol. The van der Waals surface area contributed by atoms with Gasteiger partial charge in [0.2, 0.25) is 0 Å². The molecule has 2 aromatic heterocycles. The summed E-state index contributed by atoms with van der Waals surface area (Å²) in [6.45, 7) is 3.88. The molecule has 0 spiro atoms. The molecule has 116 valence electrons. The molecule has 1 aliphatic rings. The van der Waals surface area contributed by atoms with Crippen LogP contribution in [0.3, 0.4) is 0 Å². The summed E-state index contributed by atoms with van der Waals surface area (Å²) in [5, 5.41) is 1.93. The van der Waals surface area contributed by atoms with E-state index < -0.39 is 0 Å². The molecular weight excluding hydrogens is 298 g/mol. The van der Waals surface area contributed by atoms with Gasteiger partial charge in [0.05, 0.1) is 17.6 Å². The number of hydrogen-bond acceptors (Lipinski definition) is 5. The van der Waals surface area contributed by atoms with Crippen molar-refractivity contribution in [3.63, 3.8) is 0 Å². The molecule has 0 aromatic carbocycles. The molecule has 0 N–H and O–H groups in total. The zero-order valence-corrected chi connectivity index (χ0v) is 13.4. The fraction of sp³-hybridized carbons (Fsp3) is 0.438. The fourth-order valence-corrected chi connectivity index (χ4v) is 3.28. The Bertz CT molecular complexity index is 630. The summed E-state index contributed by atoms with van der Waals surface area (Å²) in [6, 6.07) is 5.78. The minimum Gasteiger partial charge on any atom is -0.375 e. The smallest absolute Gasteiger partial charge is 0.264 e. The van der Waals surface area contributed by atoms with E-state index in [1.807, 2.05) is 35.4 Å². The van der Waals surface area contributed by atoms with Crippen molar-refractivity contribution in [3.05, 3.63) is 46.2 Å². The molecule has 6 heteroatoms. The Morgan fingerprint density at radius 1 is 1.50 bits per heavy atom. The molecule has 0 bridgehead atoms. The fourth-order valence-electron chi connectivity index (χ4n) is 2.59. The summed E-state index contributed by atoms with van der Waals surface area (Å²) in [5.74, 6) is 0.112. The molecule has 5 nitrogen and oxygen atoms in total. The molecule has 0 saturated carbocycles. The van der Waals surface area contributed by atoms with Crippen LogP contribution in [0.1, 0.15) is 27.5 Å². The predicted octanol–water partition coefficient (Wildman–Crippen LogP) is 2.32. The normalized spacial score (nSPS) is 18.4. The maximum Gasteiger partial charge on any atom is 0.264 e. The number of rotatable bonds is 4. The lowest BCUT2D eigenvalue weighted by Gasteiger charge is -2.32. The first kappa shape index (κ1) is 15.1. The van der Waals surface area contributed by atoms with Crippen LogP contribution < -0.4 is 0 Å². The second kappa shape index (κ2) is 6.98. The number of amides is 1. The summed E-state index contributed by atoms with van der Waals surface area (Å²) in [4.78, 5) is 23.5. The number of nitrogens with zero attached hydrogens (tertiary/aromatic N) is 3. The lowest BCUT2D eigenvalue weighted by Crippen LogP contribution is -2.45. The molecule has 0 unspecified atom stereocenters. The van der Waals surface area contributed by atoms with Crippen LogP contribution in [0.25, 0.3) is 0 Å². The zero-order chi connectivity index (χ0) is 15.4. The van der Waals surface area contributed by atoms with Crippen LogP contribution in [-0.2, 0) is 11.2 Å². The molecule has 3 rings (SSSR count). The van der Waals surface area contributed by atoms with E-state index in [1.165, 1.54) is 11.3 Å². The van der Waals surface area contributed by atoms with Crippen LogP contribution in [0.4, 0.5) is 0 Å². The Hall–Kier alpha value is -1.79. The molecule has 22 heavy (non-hydrogen) atoms. The summed E-state index contributed by atoms with van der Waals surface area (Å²) >= 11 is 1.49. The van der Waals surface area contributed by atoms with Crippen LogP contribution in [0, 0.1) is 6.92 Å². The van der Waals surface area contributed by atoms with Crippen molar-refractivity contribution in [1.82, 2.24) is 14.9 Å². The largest absolute Gasteiger partial charge is 0.375 e. The van der Waals surface area contributed by atoms with Gasteiger partial charge in [-0.2, -0.15) is 0 Å². The highest BCUT2D eigenvalue weighted by atomic mass is 32.1. The number of aryl methyl sites for hydroxylation is 2. The lowest BCUT2D eigenvalue weighted by molar-refractivity contribution is -0.0245. The van der Waals surface area contributed by atoms with E-state index in [0.717, 1.165) is 29.1 Å². The van der Waals surface area contributed by atoms with Gasteiger partial charge in [-0.15, -0.1) is 11.3 Å². The van der Waals surface area contributed by atoms with E-state index in [9.17, 15) is 4.79 Å². The van der Waals surface area contributed by atoms with Crippen LogP contribution in [-0.4, -0.2) is 46.6 Å². The summed E-state index contributed by atoms with van der Waals surface area (Å²) in [6.07, 6.45) is 3.38. The maximum absolute atomic E-state index is 12.4. The molecule has 1 atom stereocenters. The topological polar surface area (TPSA) is 55.3 Å². The summed E-state index contributed by atoms with van der Waals surface area (Å²) in [7, 11) is 0. The summed E-state index contributed by atoms with van der Waals surface area (Å²) < 4.78 is 5.79. The van der Waals surface area contributed by atoms with Gasteiger partial charge in [-0.25, -0.2) is 9.97 Å². The second-order valence-electron chi connectivity index (χ2n) is 5.41. The molecule has 2 aromatic rings. The third-order valence-electron chi connectivity index (χ3n) is 3.74. The van der Waals surface area contributed by atoms with Gasteiger partial charge in [0.25, 0.3) is 5.91 Å². The Morgan fingerprint density at radius 2 is 2.41 bits per heavy atom. The van der Waals surface area contributed by atoms with E-state index in [-0.39, 0.29) is 12.0 Å². The number of aromatic nitrogens is 2. The Balaban J connectivity index is 1.55. The van der Waals surface area contributed by atoms with Crippen LogP contribution in [0.2, 0.25) is 0 Å². The molecule has 1 aliphatic heterocycles. The number of morpholine rings is 1. The number of carbonyl (C=O) groups is 1. The number of carbonyl (C=O) groups excluding carboxylic acids is 1. The minimum absolute atomic E-state index is 0.0768. The Morgan fingerprint density at radius 3 is 3.18 bits per heavy atom.